The molecule has 116 valence electrons. The molecule has 0 bridgehead atoms. The fraction of sp³-hybridized carbons (Fsp3) is 0.263. The molecule has 4 rings (SSSR count). The van der Waals surface area contributed by atoms with Crippen LogP contribution in [0.2, 0.25) is 0 Å². The molecule has 0 N–H and O–H groups in total. The van der Waals surface area contributed by atoms with E-state index in [1.807, 2.05) is 12.1 Å². The van der Waals surface area contributed by atoms with Crippen molar-refractivity contribution in [1.29, 1.82) is 0 Å². The average Bonchev–Trinajstić information content (AvgIpc) is 3.02. The first-order valence-corrected chi connectivity index (χ1v) is 7.52. The Morgan fingerprint density at radius 3 is 1.61 bits per heavy atom. The van der Waals surface area contributed by atoms with E-state index in [-0.39, 0.29) is 11.6 Å². The molecule has 0 heterocycles. The van der Waals surface area contributed by atoms with Crippen LogP contribution in [0, 0.1) is 0 Å². The van der Waals surface area contributed by atoms with E-state index in [0.717, 1.165) is 11.1 Å². The molecule has 0 saturated carbocycles. The lowest BCUT2D eigenvalue weighted by molar-refractivity contribution is 0.0957. The molecule has 2 aromatic rings. The smallest absolute Gasteiger partial charge is 0.164 e. The predicted octanol–water partition coefficient (Wildman–Crippen LogP) is 3.16. The normalized spacial score (nSPS) is 17.3. The van der Waals surface area contributed by atoms with Crippen molar-refractivity contribution in [3.05, 3.63) is 58.7 Å². The fourth-order valence-electron chi connectivity index (χ4n) is 3.91. The summed E-state index contributed by atoms with van der Waals surface area (Å²) in [7, 11) is 3.20. The van der Waals surface area contributed by atoms with Crippen LogP contribution in [0.4, 0.5) is 0 Å². The summed E-state index contributed by atoms with van der Waals surface area (Å²) in [6.45, 7) is 0. The van der Waals surface area contributed by atoms with Crippen LogP contribution in [0.25, 0.3) is 0 Å². The summed E-state index contributed by atoms with van der Waals surface area (Å²) in [5.41, 5.74) is 2.58. The summed E-state index contributed by atoms with van der Waals surface area (Å²) >= 11 is 0. The van der Waals surface area contributed by atoms with Crippen molar-refractivity contribution in [2.24, 2.45) is 0 Å². The first-order chi connectivity index (χ1) is 11.1. The molecular weight excluding hydrogens is 292 g/mol. The van der Waals surface area contributed by atoms with Gasteiger partial charge in [0.25, 0.3) is 0 Å². The van der Waals surface area contributed by atoms with Crippen molar-refractivity contribution in [2.75, 3.05) is 14.2 Å². The quantitative estimate of drug-likeness (QED) is 0.855. The number of rotatable bonds is 2. The van der Waals surface area contributed by atoms with Crippen LogP contribution in [0.3, 0.4) is 0 Å². The van der Waals surface area contributed by atoms with Crippen molar-refractivity contribution >= 4 is 11.6 Å². The van der Waals surface area contributed by atoms with Gasteiger partial charge in [-0.3, -0.25) is 9.59 Å². The van der Waals surface area contributed by atoms with Crippen LogP contribution in [0.1, 0.15) is 44.7 Å². The van der Waals surface area contributed by atoms with Gasteiger partial charge in [-0.25, -0.2) is 0 Å². The van der Waals surface area contributed by atoms with Crippen LogP contribution in [0.5, 0.6) is 11.5 Å². The number of carbonyl (C=O) groups is 2. The molecule has 2 aromatic carbocycles. The Labute approximate surface area is 134 Å². The first-order valence-electron chi connectivity index (χ1n) is 7.52. The lowest BCUT2D eigenvalue weighted by atomic mass is 9.76. The summed E-state index contributed by atoms with van der Waals surface area (Å²) in [5, 5.41) is 0. The van der Waals surface area contributed by atoms with E-state index in [9.17, 15) is 9.59 Å². The number of ketones is 2. The fourth-order valence-corrected chi connectivity index (χ4v) is 3.91. The highest BCUT2D eigenvalue weighted by Crippen LogP contribution is 2.53. The Hall–Kier alpha value is -2.62. The zero-order valence-electron chi connectivity index (χ0n) is 13.0. The van der Waals surface area contributed by atoms with Gasteiger partial charge in [0.1, 0.15) is 11.5 Å². The Bertz CT molecular complexity index is 779. The third-order valence-corrected chi connectivity index (χ3v) is 5.01. The van der Waals surface area contributed by atoms with Gasteiger partial charge in [0.15, 0.2) is 11.6 Å². The molecule has 2 aliphatic rings. The monoisotopic (exact) mass is 308 g/mol. The van der Waals surface area contributed by atoms with E-state index >= 15 is 0 Å². The maximum absolute atomic E-state index is 12.5. The van der Waals surface area contributed by atoms with Gasteiger partial charge in [-0.1, -0.05) is 0 Å². The molecule has 0 atom stereocenters. The Morgan fingerprint density at radius 1 is 0.783 bits per heavy atom. The van der Waals surface area contributed by atoms with E-state index in [4.69, 9.17) is 9.47 Å². The largest absolute Gasteiger partial charge is 0.497 e. The number of ether oxygens (including phenoxy) is 2. The molecule has 0 radical (unpaired) electrons. The SMILES string of the molecule is COc1ccc2c(c1)C1(CC2=O)CC(=O)c2ccc(OC)cc21. The number of methoxy groups -OCH3 is 2. The number of benzene rings is 2. The molecule has 4 heteroatoms. The van der Waals surface area contributed by atoms with E-state index in [1.54, 1.807) is 38.5 Å². The summed E-state index contributed by atoms with van der Waals surface area (Å²) in [5.74, 6) is 1.54. The second kappa shape index (κ2) is 4.69. The number of Topliss-reactive ketones (excluding diaryl/α,β-unsaturated/α-hetero) is 2. The molecule has 0 saturated heterocycles. The van der Waals surface area contributed by atoms with Gasteiger partial charge in [-0.15, -0.1) is 0 Å². The van der Waals surface area contributed by atoms with Gasteiger partial charge >= 0.3 is 0 Å². The van der Waals surface area contributed by atoms with Crippen LogP contribution in [0.15, 0.2) is 36.4 Å². The minimum Gasteiger partial charge on any atom is -0.497 e. The van der Waals surface area contributed by atoms with Gasteiger partial charge in [0.2, 0.25) is 0 Å². The first kappa shape index (κ1) is 14.0. The zero-order chi connectivity index (χ0) is 16.2. The molecule has 0 aliphatic heterocycles. The summed E-state index contributed by atoms with van der Waals surface area (Å²) in [6, 6.07) is 11.0. The van der Waals surface area contributed by atoms with Crippen molar-refractivity contribution < 1.29 is 19.1 Å². The minimum absolute atomic E-state index is 0.0751. The molecule has 0 fully saturated rings. The van der Waals surface area contributed by atoms with Gasteiger partial charge < -0.3 is 9.47 Å². The van der Waals surface area contributed by atoms with Crippen LogP contribution in [-0.4, -0.2) is 25.8 Å². The van der Waals surface area contributed by atoms with Crippen LogP contribution >= 0.6 is 0 Å². The molecule has 4 nitrogen and oxygen atoms in total. The maximum atomic E-state index is 12.5. The molecule has 2 aliphatic carbocycles. The Kier molecular flexibility index (Phi) is 2.85. The van der Waals surface area contributed by atoms with Gasteiger partial charge in [-0.05, 0) is 47.5 Å². The lowest BCUT2D eigenvalue weighted by Gasteiger charge is -2.25. The summed E-state index contributed by atoms with van der Waals surface area (Å²) in [6.07, 6.45) is 0.642. The summed E-state index contributed by atoms with van der Waals surface area (Å²) < 4.78 is 10.6. The highest BCUT2D eigenvalue weighted by molar-refractivity contribution is 6.10. The maximum Gasteiger partial charge on any atom is 0.164 e. The number of hydrogen-bond acceptors (Lipinski definition) is 4. The lowest BCUT2D eigenvalue weighted by Crippen LogP contribution is -2.22. The Balaban J connectivity index is 1.99. The summed E-state index contributed by atoms with van der Waals surface area (Å²) in [4.78, 5) is 25.0. The number of carbonyl (C=O) groups excluding carboxylic acids is 2. The molecule has 0 amide bonds. The number of fused-ring (bicyclic) bond motifs is 4. The average molecular weight is 308 g/mol. The molecular formula is C19H16O4. The highest BCUT2D eigenvalue weighted by atomic mass is 16.5. The van der Waals surface area contributed by atoms with Crippen molar-refractivity contribution in [3.63, 3.8) is 0 Å². The van der Waals surface area contributed by atoms with Crippen LogP contribution in [-0.2, 0) is 5.41 Å². The van der Waals surface area contributed by atoms with Crippen molar-refractivity contribution in [2.45, 2.75) is 18.3 Å². The van der Waals surface area contributed by atoms with Crippen molar-refractivity contribution in [1.82, 2.24) is 0 Å². The van der Waals surface area contributed by atoms with Crippen molar-refractivity contribution in [3.8, 4) is 11.5 Å². The second-order valence-corrected chi connectivity index (χ2v) is 6.11. The van der Waals surface area contributed by atoms with Crippen LogP contribution < -0.4 is 9.47 Å². The molecule has 0 aromatic heterocycles. The Morgan fingerprint density at radius 2 is 1.22 bits per heavy atom. The van der Waals surface area contributed by atoms with E-state index in [0.29, 0.717) is 35.5 Å². The third-order valence-electron chi connectivity index (χ3n) is 5.01. The standard InChI is InChI=1S/C19H16O4/c1-22-11-3-5-13-15(7-11)19(9-17(13)20)10-18(21)14-6-4-12(23-2)8-16(14)19/h3-8H,9-10H2,1-2H3. The third kappa shape index (κ3) is 1.78. The van der Waals surface area contributed by atoms with E-state index in [1.165, 1.54) is 0 Å². The second-order valence-electron chi connectivity index (χ2n) is 6.11. The van der Waals surface area contributed by atoms with Gasteiger partial charge in [0.05, 0.1) is 14.2 Å². The van der Waals surface area contributed by atoms with Gasteiger partial charge in [-0.2, -0.15) is 0 Å². The van der Waals surface area contributed by atoms with E-state index in [2.05, 4.69) is 0 Å². The topological polar surface area (TPSA) is 52.6 Å². The number of hydrogen-bond donors (Lipinski definition) is 0. The van der Waals surface area contributed by atoms with Gasteiger partial charge in [0, 0.05) is 29.4 Å². The molecule has 0 unspecified atom stereocenters. The predicted molar refractivity (Wildman–Crippen MR) is 84.7 cm³/mol. The van der Waals surface area contributed by atoms with E-state index < -0.39 is 5.41 Å². The molecule has 23 heavy (non-hydrogen) atoms. The minimum atomic E-state index is -0.581. The molecule has 1 spiro atoms. The highest BCUT2D eigenvalue weighted by Gasteiger charge is 2.51. The zero-order valence-corrected chi connectivity index (χ0v) is 13.0.